The van der Waals surface area contributed by atoms with Gasteiger partial charge in [0.2, 0.25) is 5.91 Å². The Morgan fingerprint density at radius 2 is 1.89 bits per heavy atom. The van der Waals surface area contributed by atoms with Crippen LogP contribution in [-0.4, -0.2) is 37.6 Å². The molecule has 0 atom stereocenters. The average molecular weight is 394 g/mol. The number of halogens is 1. The quantitative estimate of drug-likeness (QED) is 0.716. The van der Waals surface area contributed by atoms with Crippen LogP contribution in [0.2, 0.25) is 5.02 Å². The molecule has 7 heteroatoms. The van der Waals surface area contributed by atoms with E-state index in [0.29, 0.717) is 42.3 Å². The zero-order valence-corrected chi connectivity index (χ0v) is 16.3. The maximum atomic E-state index is 12.8. The SMILES string of the molecule is NCC1(C(=O)Nc2ccc(Cl)c(C(=O)NC3CCCCC3)c2)CCOCC1. The van der Waals surface area contributed by atoms with E-state index in [1.807, 2.05) is 0 Å². The Hall–Kier alpha value is -1.63. The molecule has 1 aliphatic heterocycles. The van der Waals surface area contributed by atoms with Crippen LogP contribution in [0.25, 0.3) is 0 Å². The number of ether oxygens (including phenoxy) is 1. The number of amides is 2. The van der Waals surface area contributed by atoms with Gasteiger partial charge in [-0.05, 0) is 43.9 Å². The van der Waals surface area contributed by atoms with Crippen molar-refractivity contribution in [3.05, 3.63) is 28.8 Å². The van der Waals surface area contributed by atoms with Crippen LogP contribution in [0.3, 0.4) is 0 Å². The van der Waals surface area contributed by atoms with Crippen molar-refractivity contribution in [2.45, 2.75) is 51.0 Å². The number of benzene rings is 1. The van der Waals surface area contributed by atoms with Crippen LogP contribution < -0.4 is 16.4 Å². The average Bonchev–Trinajstić information content (AvgIpc) is 2.70. The maximum Gasteiger partial charge on any atom is 0.253 e. The summed E-state index contributed by atoms with van der Waals surface area (Å²) in [6.45, 7) is 1.32. The lowest BCUT2D eigenvalue weighted by atomic mass is 9.79. The summed E-state index contributed by atoms with van der Waals surface area (Å²) in [7, 11) is 0. The van der Waals surface area contributed by atoms with Crippen molar-refractivity contribution in [2.75, 3.05) is 25.1 Å². The summed E-state index contributed by atoms with van der Waals surface area (Å²) >= 11 is 6.24. The maximum absolute atomic E-state index is 12.8. The second kappa shape index (κ2) is 9.04. The molecule has 1 heterocycles. The fourth-order valence-corrected chi connectivity index (χ4v) is 4.04. The summed E-state index contributed by atoms with van der Waals surface area (Å²) in [5.41, 5.74) is 6.21. The zero-order chi connectivity index (χ0) is 19.3. The number of carbonyl (C=O) groups excluding carboxylic acids is 2. The first kappa shape index (κ1) is 20.1. The molecule has 3 rings (SSSR count). The van der Waals surface area contributed by atoms with E-state index in [2.05, 4.69) is 10.6 Å². The van der Waals surface area contributed by atoms with Crippen molar-refractivity contribution < 1.29 is 14.3 Å². The molecule has 6 nitrogen and oxygen atoms in total. The van der Waals surface area contributed by atoms with Gasteiger partial charge < -0.3 is 21.1 Å². The number of hydrogen-bond acceptors (Lipinski definition) is 4. The smallest absolute Gasteiger partial charge is 0.253 e. The molecule has 27 heavy (non-hydrogen) atoms. The molecule has 1 aliphatic carbocycles. The third-order valence-corrected chi connectivity index (χ3v) is 6.06. The molecule has 0 unspecified atom stereocenters. The molecule has 0 bridgehead atoms. The number of nitrogens with one attached hydrogen (secondary N) is 2. The second-order valence-corrected chi connectivity index (χ2v) is 7.96. The molecule has 1 saturated heterocycles. The molecule has 2 aliphatic rings. The van der Waals surface area contributed by atoms with Crippen molar-refractivity contribution in [1.82, 2.24) is 5.32 Å². The van der Waals surface area contributed by atoms with E-state index in [0.717, 1.165) is 25.7 Å². The normalized spacial score (nSPS) is 20.1. The van der Waals surface area contributed by atoms with Gasteiger partial charge in [0.05, 0.1) is 16.0 Å². The van der Waals surface area contributed by atoms with Gasteiger partial charge in [-0.2, -0.15) is 0 Å². The van der Waals surface area contributed by atoms with Crippen LogP contribution in [-0.2, 0) is 9.53 Å². The first-order valence-electron chi connectivity index (χ1n) is 9.74. The molecule has 1 aromatic carbocycles. The molecule has 2 amide bonds. The van der Waals surface area contributed by atoms with Crippen LogP contribution in [0.4, 0.5) is 5.69 Å². The Bertz CT molecular complexity index is 683. The van der Waals surface area contributed by atoms with Gasteiger partial charge in [0.15, 0.2) is 0 Å². The molecule has 0 spiro atoms. The van der Waals surface area contributed by atoms with Crippen molar-refractivity contribution in [2.24, 2.45) is 11.1 Å². The lowest BCUT2D eigenvalue weighted by Crippen LogP contribution is -2.46. The van der Waals surface area contributed by atoms with E-state index in [1.54, 1.807) is 18.2 Å². The fraction of sp³-hybridized carbons (Fsp3) is 0.600. The monoisotopic (exact) mass is 393 g/mol. The lowest BCUT2D eigenvalue weighted by Gasteiger charge is -2.34. The van der Waals surface area contributed by atoms with E-state index in [1.165, 1.54) is 6.42 Å². The second-order valence-electron chi connectivity index (χ2n) is 7.55. The van der Waals surface area contributed by atoms with E-state index in [9.17, 15) is 9.59 Å². The number of hydrogen-bond donors (Lipinski definition) is 3. The Morgan fingerprint density at radius 3 is 2.56 bits per heavy atom. The van der Waals surface area contributed by atoms with Gasteiger partial charge >= 0.3 is 0 Å². The molecular formula is C20H28ClN3O3. The number of rotatable bonds is 5. The van der Waals surface area contributed by atoms with Gasteiger partial charge in [-0.3, -0.25) is 9.59 Å². The van der Waals surface area contributed by atoms with Gasteiger partial charge in [0.25, 0.3) is 5.91 Å². The highest BCUT2D eigenvalue weighted by Crippen LogP contribution is 2.31. The van der Waals surface area contributed by atoms with E-state index in [4.69, 9.17) is 22.1 Å². The summed E-state index contributed by atoms with van der Waals surface area (Å²) in [5.74, 6) is -0.322. The first-order chi connectivity index (χ1) is 13.0. The van der Waals surface area contributed by atoms with Crippen molar-refractivity contribution in [3.63, 3.8) is 0 Å². The molecular weight excluding hydrogens is 366 g/mol. The summed E-state index contributed by atoms with van der Waals surface area (Å²) in [4.78, 5) is 25.5. The molecule has 4 N–H and O–H groups in total. The van der Waals surface area contributed by atoms with E-state index >= 15 is 0 Å². The minimum atomic E-state index is -0.623. The van der Waals surface area contributed by atoms with Crippen LogP contribution in [0.1, 0.15) is 55.3 Å². The Morgan fingerprint density at radius 1 is 1.19 bits per heavy atom. The summed E-state index contributed by atoms with van der Waals surface area (Å²) in [5, 5.41) is 6.36. The topological polar surface area (TPSA) is 93.5 Å². The van der Waals surface area contributed by atoms with Crippen LogP contribution in [0, 0.1) is 5.41 Å². The fourth-order valence-electron chi connectivity index (χ4n) is 3.84. The summed E-state index contributed by atoms with van der Waals surface area (Å²) < 4.78 is 5.36. The molecule has 1 aromatic rings. The Labute approximate surface area is 165 Å². The zero-order valence-electron chi connectivity index (χ0n) is 15.6. The standard InChI is InChI=1S/C20H28ClN3O3/c21-17-7-6-15(24-19(26)20(13-22)8-10-27-11-9-20)12-16(17)18(25)23-14-4-2-1-3-5-14/h6-7,12,14H,1-5,8-11,13,22H2,(H,23,25)(H,24,26). The highest BCUT2D eigenvalue weighted by Gasteiger charge is 2.38. The number of anilines is 1. The highest BCUT2D eigenvalue weighted by atomic mass is 35.5. The van der Waals surface area contributed by atoms with E-state index < -0.39 is 5.41 Å². The molecule has 0 radical (unpaired) electrons. The largest absolute Gasteiger partial charge is 0.381 e. The van der Waals surface area contributed by atoms with Crippen LogP contribution in [0.5, 0.6) is 0 Å². The third-order valence-electron chi connectivity index (χ3n) is 5.73. The van der Waals surface area contributed by atoms with Crippen molar-refractivity contribution in [1.29, 1.82) is 0 Å². The lowest BCUT2D eigenvalue weighted by molar-refractivity contribution is -0.130. The molecule has 148 valence electrons. The van der Waals surface area contributed by atoms with Gasteiger partial charge in [0.1, 0.15) is 0 Å². The van der Waals surface area contributed by atoms with Gasteiger partial charge in [-0.25, -0.2) is 0 Å². The summed E-state index contributed by atoms with van der Waals surface area (Å²) in [6.07, 6.45) is 6.69. The molecule has 1 saturated carbocycles. The minimum Gasteiger partial charge on any atom is -0.381 e. The Balaban J connectivity index is 1.70. The predicted octanol–water partition coefficient (Wildman–Crippen LogP) is 3.10. The Kier molecular flexibility index (Phi) is 6.73. The number of carbonyl (C=O) groups is 2. The van der Waals surface area contributed by atoms with Crippen LogP contribution >= 0.6 is 11.6 Å². The number of nitrogens with two attached hydrogens (primary N) is 1. The van der Waals surface area contributed by atoms with Crippen molar-refractivity contribution in [3.8, 4) is 0 Å². The third kappa shape index (κ3) is 4.81. The van der Waals surface area contributed by atoms with Gasteiger partial charge in [-0.1, -0.05) is 30.9 Å². The highest BCUT2D eigenvalue weighted by molar-refractivity contribution is 6.34. The van der Waals surface area contributed by atoms with E-state index in [-0.39, 0.29) is 24.4 Å². The van der Waals surface area contributed by atoms with Crippen molar-refractivity contribution >= 4 is 29.1 Å². The molecule has 0 aromatic heterocycles. The minimum absolute atomic E-state index is 0.130. The first-order valence-corrected chi connectivity index (χ1v) is 10.1. The van der Waals surface area contributed by atoms with Gasteiger partial charge in [-0.15, -0.1) is 0 Å². The van der Waals surface area contributed by atoms with Crippen LogP contribution in [0.15, 0.2) is 18.2 Å². The predicted molar refractivity (Wildman–Crippen MR) is 106 cm³/mol. The summed E-state index contributed by atoms with van der Waals surface area (Å²) in [6, 6.07) is 5.19. The van der Waals surface area contributed by atoms with Gasteiger partial charge in [0, 0.05) is 31.5 Å². The molecule has 2 fully saturated rings.